The fraction of sp³-hybridized carbons (Fsp3) is 0.125. The third kappa shape index (κ3) is 5.93. The van der Waals surface area contributed by atoms with E-state index >= 15 is 0 Å². The molecule has 2 N–H and O–H groups in total. The molecule has 3 aromatic rings. The summed E-state index contributed by atoms with van der Waals surface area (Å²) in [5, 5.41) is 7.13. The summed E-state index contributed by atoms with van der Waals surface area (Å²) in [6.07, 6.45) is 1.42. The highest BCUT2D eigenvalue weighted by Crippen LogP contribution is 2.21. The molecule has 3 aromatic carbocycles. The van der Waals surface area contributed by atoms with Gasteiger partial charge in [-0.3, -0.25) is 9.59 Å². The first-order valence-electron chi connectivity index (χ1n) is 9.61. The summed E-state index contributed by atoms with van der Waals surface area (Å²) in [4.78, 5) is 24.3. The van der Waals surface area contributed by atoms with Gasteiger partial charge in [-0.2, -0.15) is 5.10 Å². The van der Waals surface area contributed by atoms with Crippen LogP contribution in [0, 0.1) is 13.8 Å². The van der Waals surface area contributed by atoms with E-state index in [2.05, 4.69) is 15.8 Å². The molecule has 6 nitrogen and oxygen atoms in total. The molecule has 0 radical (unpaired) electrons. The maximum atomic E-state index is 12.2. The average Bonchev–Trinajstić information content (AvgIpc) is 2.76. The van der Waals surface area contributed by atoms with Crippen LogP contribution < -0.4 is 15.5 Å². The number of nitrogens with one attached hydrogen (secondary N) is 2. The fourth-order valence-corrected chi connectivity index (χ4v) is 3.07. The van der Waals surface area contributed by atoms with Crippen molar-refractivity contribution in [2.75, 3.05) is 5.32 Å². The van der Waals surface area contributed by atoms with Crippen molar-refractivity contribution in [3.05, 3.63) is 94.0 Å². The van der Waals surface area contributed by atoms with Gasteiger partial charge in [0.2, 0.25) is 0 Å². The van der Waals surface area contributed by atoms with Gasteiger partial charge in [-0.1, -0.05) is 60.1 Å². The molecule has 0 heterocycles. The highest BCUT2D eigenvalue weighted by molar-refractivity contribution is 6.39. The van der Waals surface area contributed by atoms with Crippen LogP contribution in [0.5, 0.6) is 5.75 Å². The van der Waals surface area contributed by atoms with E-state index in [0.29, 0.717) is 22.0 Å². The molecule has 0 saturated carbocycles. The number of hydrazone groups is 1. The molecule has 0 aliphatic heterocycles. The second-order valence-electron chi connectivity index (χ2n) is 6.84. The number of rotatable bonds is 6. The Bertz CT molecular complexity index is 1110. The number of anilines is 1. The summed E-state index contributed by atoms with van der Waals surface area (Å²) in [6, 6.07) is 20.2. The van der Waals surface area contributed by atoms with E-state index in [0.717, 1.165) is 16.7 Å². The molecular formula is C24H22ClN3O3. The minimum atomic E-state index is -0.867. The zero-order chi connectivity index (χ0) is 22.2. The first-order valence-corrected chi connectivity index (χ1v) is 9.99. The minimum Gasteiger partial charge on any atom is -0.488 e. The molecule has 0 bridgehead atoms. The van der Waals surface area contributed by atoms with E-state index in [-0.39, 0.29) is 6.61 Å². The Hall–Kier alpha value is -3.64. The van der Waals surface area contributed by atoms with Crippen molar-refractivity contribution in [3.63, 3.8) is 0 Å². The van der Waals surface area contributed by atoms with Crippen LogP contribution in [0.4, 0.5) is 5.69 Å². The summed E-state index contributed by atoms with van der Waals surface area (Å²) in [6.45, 7) is 4.01. The van der Waals surface area contributed by atoms with Crippen LogP contribution in [0.3, 0.4) is 0 Å². The quantitative estimate of drug-likeness (QED) is 0.336. The predicted octanol–water partition coefficient (Wildman–Crippen LogP) is 4.62. The molecule has 0 unspecified atom stereocenters. The number of hydrogen-bond acceptors (Lipinski definition) is 4. The van der Waals surface area contributed by atoms with Gasteiger partial charge < -0.3 is 10.1 Å². The SMILES string of the molecule is Cc1cccc(C)c1NC(=O)C(=O)N/N=C\c1ccccc1OCc1ccccc1Cl. The number of carbonyl (C=O) groups is 2. The van der Waals surface area contributed by atoms with E-state index in [1.165, 1.54) is 6.21 Å². The van der Waals surface area contributed by atoms with Gasteiger partial charge >= 0.3 is 11.8 Å². The highest BCUT2D eigenvalue weighted by Gasteiger charge is 2.15. The average molecular weight is 436 g/mol. The molecule has 0 fully saturated rings. The zero-order valence-corrected chi connectivity index (χ0v) is 17.9. The maximum Gasteiger partial charge on any atom is 0.329 e. The van der Waals surface area contributed by atoms with Crippen LogP contribution in [-0.2, 0) is 16.2 Å². The lowest BCUT2D eigenvalue weighted by molar-refractivity contribution is -0.136. The molecule has 0 atom stereocenters. The van der Waals surface area contributed by atoms with Crippen LogP contribution in [0.25, 0.3) is 0 Å². The molecule has 31 heavy (non-hydrogen) atoms. The third-order valence-electron chi connectivity index (χ3n) is 4.56. The Morgan fingerprint density at radius 3 is 2.35 bits per heavy atom. The first-order chi connectivity index (χ1) is 15.0. The largest absolute Gasteiger partial charge is 0.488 e. The van der Waals surface area contributed by atoms with E-state index in [9.17, 15) is 9.59 Å². The molecule has 3 rings (SSSR count). The number of ether oxygens (including phenoxy) is 1. The zero-order valence-electron chi connectivity index (χ0n) is 17.2. The van der Waals surface area contributed by atoms with E-state index in [1.54, 1.807) is 18.2 Å². The van der Waals surface area contributed by atoms with Crippen molar-refractivity contribution in [3.8, 4) is 5.75 Å². The van der Waals surface area contributed by atoms with Crippen LogP contribution in [-0.4, -0.2) is 18.0 Å². The van der Waals surface area contributed by atoms with Crippen molar-refractivity contribution in [2.45, 2.75) is 20.5 Å². The van der Waals surface area contributed by atoms with Gasteiger partial charge in [0.25, 0.3) is 0 Å². The van der Waals surface area contributed by atoms with Crippen LogP contribution in [0.15, 0.2) is 71.8 Å². The number of amides is 2. The standard InChI is InChI=1S/C24H22ClN3O3/c1-16-8-7-9-17(2)22(16)27-23(29)24(30)28-26-14-18-10-4-6-13-21(18)31-15-19-11-3-5-12-20(19)25/h3-14H,15H2,1-2H3,(H,27,29)(H,28,30)/b26-14-. The van der Waals surface area contributed by atoms with Gasteiger partial charge in [-0.25, -0.2) is 5.43 Å². The Balaban J connectivity index is 1.61. The van der Waals surface area contributed by atoms with Crippen molar-refractivity contribution in [1.82, 2.24) is 5.43 Å². The van der Waals surface area contributed by atoms with Gasteiger partial charge in [-0.05, 0) is 43.2 Å². The lowest BCUT2D eigenvalue weighted by Gasteiger charge is -2.11. The molecule has 0 aliphatic rings. The van der Waals surface area contributed by atoms with Gasteiger partial charge in [0.05, 0.1) is 6.21 Å². The Kier molecular flexibility index (Phi) is 7.40. The van der Waals surface area contributed by atoms with Crippen molar-refractivity contribution in [2.24, 2.45) is 5.10 Å². The van der Waals surface area contributed by atoms with Crippen LogP contribution >= 0.6 is 11.6 Å². The van der Waals surface area contributed by atoms with Gasteiger partial charge in [0.1, 0.15) is 12.4 Å². The summed E-state index contributed by atoms with van der Waals surface area (Å²) >= 11 is 6.16. The Labute approximate surface area is 185 Å². The van der Waals surface area contributed by atoms with Crippen molar-refractivity contribution in [1.29, 1.82) is 0 Å². The second-order valence-corrected chi connectivity index (χ2v) is 7.25. The molecular weight excluding hydrogens is 414 g/mol. The topological polar surface area (TPSA) is 79.8 Å². The molecule has 0 saturated heterocycles. The molecule has 158 valence electrons. The van der Waals surface area contributed by atoms with E-state index in [4.69, 9.17) is 16.3 Å². The highest BCUT2D eigenvalue weighted by atomic mass is 35.5. The number of carbonyl (C=O) groups excluding carboxylic acids is 2. The van der Waals surface area contributed by atoms with Crippen molar-refractivity contribution < 1.29 is 14.3 Å². The number of nitrogens with zero attached hydrogens (tertiary/aromatic N) is 1. The van der Waals surface area contributed by atoms with Gasteiger partial charge in [0.15, 0.2) is 0 Å². The molecule has 0 aliphatic carbocycles. The first kappa shape index (κ1) is 22.1. The van der Waals surface area contributed by atoms with Crippen LogP contribution in [0.2, 0.25) is 5.02 Å². The Morgan fingerprint density at radius 1 is 0.935 bits per heavy atom. The minimum absolute atomic E-state index is 0.287. The lowest BCUT2D eigenvalue weighted by atomic mass is 10.1. The number of halogens is 1. The summed E-state index contributed by atoms with van der Waals surface area (Å²) < 4.78 is 5.85. The van der Waals surface area contributed by atoms with Crippen molar-refractivity contribution >= 4 is 35.3 Å². The smallest absolute Gasteiger partial charge is 0.329 e. The lowest BCUT2D eigenvalue weighted by Crippen LogP contribution is -2.32. The molecule has 2 amide bonds. The van der Waals surface area contributed by atoms with Crippen LogP contribution in [0.1, 0.15) is 22.3 Å². The molecule has 0 aromatic heterocycles. The third-order valence-corrected chi connectivity index (χ3v) is 4.92. The number of benzene rings is 3. The van der Waals surface area contributed by atoms with E-state index in [1.807, 2.05) is 62.4 Å². The summed E-state index contributed by atoms with van der Waals surface area (Å²) in [5.41, 5.74) is 6.09. The monoisotopic (exact) mass is 435 g/mol. The number of aryl methyl sites for hydroxylation is 2. The predicted molar refractivity (Wildman–Crippen MR) is 123 cm³/mol. The fourth-order valence-electron chi connectivity index (χ4n) is 2.88. The van der Waals surface area contributed by atoms with Gasteiger partial charge in [0, 0.05) is 21.8 Å². The Morgan fingerprint density at radius 2 is 1.61 bits per heavy atom. The maximum absolute atomic E-state index is 12.2. The van der Waals surface area contributed by atoms with Gasteiger partial charge in [-0.15, -0.1) is 0 Å². The normalized spacial score (nSPS) is 10.7. The molecule has 7 heteroatoms. The number of para-hydroxylation sites is 2. The number of hydrogen-bond donors (Lipinski definition) is 2. The summed E-state index contributed by atoms with van der Waals surface area (Å²) in [7, 11) is 0. The van der Waals surface area contributed by atoms with E-state index < -0.39 is 11.8 Å². The second kappa shape index (κ2) is 10.4. The molecule has 0 spiro atoms. The summed E-state index contributed by atoms with van der Waals surface area (Å²) in [5.74, 6) is -1.09.